The number of hydrogen-bond acceptors (Lipinski definition) is 3. The Morgan fingerprint density at radius 1 is 1.06 bits per heavy atom. The van der Waals surface area contributed by atoms with Crippen LogP contribution in [0.3, 0.4) is 0 Å². The first-order valence-electron chi connectivity index (χ1n) is 11.0. The van der Waals surface area contributed by atoms with Crippen molar-refractivity contribution in [3.63, 3.8) is 0 Å². The molecule has 2 aromatic rings. The Bertz CT molecular complexity index is 989. The van der Waals surface area contributed by atoms with Gasteiger partial charge in [0.1, 0.15) is 11.8 Å². The lowest BCUT2D eigenvalue weighted by Crippen LogP contribution is -2.51. The maximum Gasteiger partial charge on any atom is 0.258 e. The zero-order valence-electron chi connectivity index (χ0n) is 19.0. The fourth-order valence-electron chi connectivity index (χ4n) is 4.03. The van der Waals surface area contributed by atoms with Crippen molar-refractivity contribution in [3.8, 4) is 5.75 Å². The van der Waals surface area contributed by atoms with E-state index in [-0.39, 0.29) is 29.9 Å². The number of fused-ring (bicyclic) bond motifs is 1. The SMILES string of the molecule is CC(C)[C@H]1C(=O)N[C@H](c2cccc(Cl)c2)C/C=C\C[C@@H](C)Oc2ccccc2C(=O)N1C. The second-order valence-corrected chi connectivity index (χ2v) is 9.02. The summed E-state index contributed by atoms with van der Waals surface area (Å²) < 4.78 is 6.09. The third kappa shape index (κ3) is 5.71. The van der Waals surface area contributed by atoms with Gasteiger partial charge >= 0.3 is 0 Å². The number of carbonyl (C=O) groups excluding carboxylic acids is 2. The van der Waals surface area contributed by atoms with Gasteiger partial charge in [-0.1, -0.05) is 61.9 Å². The van der Waals surface area contributed by atoms with Crippen LogP contribution < -0.4 is 10.1 Å². The number of nitrogens with one attached hydrogen (secondary N) is 1. The molecule has 0 aliphatic carbocycles. The van der Waals surface area contributed by atoms with E-state index in [9.17, 15) is 9.59 Å². The minimum atomic E-state index is -0.637. The highest BCUT2D eigenvalue weighted by molar-refractivity contribution is 6.30. The molecule has 170 valence electrons. The zero-order chi connectivity index (χ0) is 23.3. The lowest BCUT2D eigenvalue weighted by molar-refractivity contribution is -0.127. The van der Waals surface area contributed by atoms with Gasteiger partial charge in [0.15, 0.2) is 0 Å². The number of halogens is 1. The largest absolute Gasteiger partial charge is 0.490 e. The lowest BCUT2D eigenvalue weighted by atomic mass is 9.98. The lowest BCUT2D eigenvalue weighted by Gasteiger charge is -2.32. The first-order chi connectivity index (χ1) is 15.3. The van der Waals surface area contributed by atoms with E-state index in [4.69, 9.17) is 16.3 Å². The van der Waals surface area contributed by atoms with Crippen molar-refractivity contribution in [2.75, 3.05) is 7.05 Å². The summed E-state index contributed by atoms with van der Waals surface area (Å²) in [6.07, 6.45) is 5.30. The molecular weight excluding hydrogens is 424 g/mol. The number of amides is 2. The van der Waals surface area contributed by atoms with Crippen molar-refractivity contribution in [3.05, 3.63) is 76.8 Å². The number of likely N-dealkylation sites (N-methyl/N-ethyl adjacent to an activating group) is 1. The molecule has 3 atom stereocenters. The van der Waals surface area contributed by atoms with E-state index >= 15 is 0 Å². The molecule has 2 amide bonds. The number of rotatable bonds is 2. The topological polar surface area (TPSA) is 58.6 Å². The van der Waals surface area contributed by atoms with Gasteiger partial charge in [0.05, 0.1) is 17.7 Å². The van der Waals surface area contributed by atoms with Crippen LogP contribution in [0.2, 0.25) is 5.02 Å². The Hall–Kier alpha value is -2.79. The van der Waals surface area contributed by atoms with Crippen molar-refractivity contribution >= 4 is 23.4 Å². The minimum Gasteiger partial charge on any atom is -0.490 e. The van der Waals surface area contributed by atoms with Crippen LogP contribution in [0.4, 0.5) is 0 Å². The van der Waals surface area contributed by atoms with Gasteiger partial charge in [0, 0.05) is 18.5 Å². The van der Waals surface area contributed by atoms with Crippen molar-refractivity contribution in [1.29, 1.82) is 0 Å². The van der Waals surface area contributed by atoms with Gasteiger partial charge < -0.3 is 15.0 Å². The summed E-state index contributed by atoms with van der Waals surface area (Å²) in [4.78, 5) is 28.3. The van der Waals surface area contributed by atoms with Gasteiger partial charge in [-0.3, -0.25) is 9.59 Å². The summed E-state index contributed by atoms with van der Waals surface area (Å²) >= 11 is 6.21. The molecule has 0 fully saturated rings. The molecule has 0 saturated heterocycles. The van der Waals surface area contributed by atoms with Gasteiger partial charge in [0.25, 0.3) is 5.91 Å². The monoisotopic (exact) mass is 454 g/mol. The number of para-hydroxylation sites is 1. The second-order valence-electron chi connectivity index (χ2n) is 8.59. The number of ether oxygens (including phenoxy) is 1. The molecule has 1 N–H and O–H groups in total. The van der Waals surface area contributed by atoms with Crippen LogP contribution >= 0.6 is 11.6 Å². The Morgan fingerprint density at radius 3 is 2.50 bits per heavy atom. The maximum absolute atomic E-state index is 13.4. The third-order valence-corrected chi connectivity index (χ3v) is 5.89. The summed E-state index contributed by atoms with van der Waals surface area (Å²) in [6.45, 7) is 5.86. The van der Waals surface area contributed by atoms with Crippen LogP contribution in [-0.4, -0.2) is 35.9 Å². The van der Waals surface area contributed by atoms with Crippen LogP contribution in [0.1, 0.15) is 55.6 Å². The Kier molecular flexibility index (Phi) is 7.97. The summed E-state index contributed by atoms with van der Waals surface area (Å²) in [7, 11) is 1.67. The molecule has 3 rings (SSSR count). The Labute approximate surface area is 195 Å². The minimum absolute atomic E-state index is 0.0839. The highest BCUT2D eigenvalue weighted by atomic mass is 35.5. The number of hydrogen-bond donors (Lipinski definition) is 1. The standard InChI is InChI=1S/C26H31ClN2O3/c1-17(2)24-25(30)28-22(19-11-9-12-20(27)16-19)14-7-5-10-18(3)32-23-15-8-6-13-21(23)26(31)29(24)4/h5-9,11-13,15-18,22,24H,10,14H2,1-4H3,(H,28,30)/b7-5-/t18-,22+,24+/m1/s1. The van der Waals surface area contributed by atoms with Crippen LogP contribution in [0.25, 0.3) is 0 Å². The molecule has 1 aliphatic rings. The normalized spacial score (nSPS) is 23.7. The first-order valence-corrected chi connectivity index (χ1v) is 11.4. The van der Waals surface area contributed by atoms with E-state index in [0.29, 0.717) is 29.2 Å². The molecule has 0 spiro atoms. The highest BCUT2D eigenvalue weighted by Crippen LogP contribution is 2.26. The molecule has 0 bridgehead atoms. The highest BCUT2D eigenvalue weighted by Gasteiger charge is 2.33. The predicted molar refractivity (Wildman–Crippen MR) is 128 cm³/mol. The molecule has 6 heteroatoms. The van der Waals surface area contributed by atoms with Gasteiger partial charge in [-0.15, -0.1) is 0 Å². The maximum atomic E-state index is 13.4. The average molecular weight is 455 g/mol. The van der Waals surface area contributed by atoms with Gasteiger partial charge in [0.2, 0.25) is 5.91 Å². The molecule has 0 saturated carbocycles. The second kappa shape index (κ2) is 10.7. The summed E-state index contributed by atoms with van der Waals surface area (Å²) in [6, 6.07) is 13.8. The predicted octanol–water partition coefficient (Wildman–Crippen LogP) is 5.41. The van der Waals surface area contributed by atoms with Crippen LogP contribution in [0, 0.1) is 5.92 Å². The molecule has 0 radical (unpaired) electrons. The van der Waals surface area contributed by atoms with E-state index in [1.54, 1.807) is 25.2 Å². The van der Waals surface area contributed by atoms with Crippen molar-refractivity contribution in [1.82, 2.24) is 10.2 Å². The zero-order valence-corrected chi connectivity index (χ0v) is 19.8. The summed E-state index contributed by atoms with van der Waals surface area (Å²) in [5.74, 6) is 0.00745. The summed E-state index contributed by atoms with van der Waals surface area (Å²) in [5, 5.41) is 3.78. The Morgan fingerprint density at radius 2 is 1.78 bits per heavy atom. The molecule has 32 heavy (non-hydrogen) atoms. The number of carbonyl (C=O) groups is 2. The average Bonchev–Trinajstić information content (AvgIpc) is 2.75. The van der Waals surface area contributed by atoms with E-state index in [1.165, 1.54) is 4.90 Å². The molecule has 5 nitrogen and oxygen atoms in total. The van der Waals surface area contributed by atoms with Crippen molar-refractivity contribution < 1.29 is 14.3 Å². The Balaban J connectivity index is 2.01. The molecule has 1 heterocycles. The quantitative estimate of drug-likeness (QED) is 0.617. The van der Waals surface area contributed by atoms with Crippen molar-refractivity contribution in [2.24, 2.45) is 5.92 Å². The fraction of sp³-hybridized carbons (Fsp3) is 0.385. The van der Waals surface area contributed by atoms with E-state index < -0.39 is 6.04 Å². The molecular formula is C26H31ClN2O3. The van der Waals surface area contributed by atoms with Gasteiger partial charge in [-0.2, -0.15) is 0 Å². The first kappa shape index (κ1) is 23.9. The van der Waals surface area contributed by atoms with Gasteiger partial charge in [-0.25, -0.2) is 0 Å². The van der Waals surface area contributed by atoms with Crippen LogP contribution in [0.5, 0.6) is 5.75 Å². The van der Waals surface area contributed by atoms with Crippen molar-refractivity contribution in [2.45, 2.75) is 51.8 Å². The van der Waals surface area contributed by atoms with Crippen LogP contribution in [-0.2, 0) is 4.79 Å². The van der Waals surface area contributed by atoms with Crippen LogP contribution in [0.15, 0.2) is 60.7 Å². The molecule has 0 unspecified atom stereocenters. The van der Waals surface area contributed by atoms with E-state index in [1.807, 2.05) is 51.1 Å². The smallest absolute Gasteiger partial charge is 0.258 e. The number of nitrogens with zero attached hydrogens (tertiary/aromatic N) is 1. The fourth-order valence-corrected chi connectivity index (χ4v) is 4.23. The molecule has 2 aromatic carbocycles. The third-order valence-electron chi connectivity index (χ3n) is 5.66. The molecule has 1 aliphatic heterocycles. The van der Waals surface area contributed by atoms with E-state index in [0.717, 1.165) is 5.56 Å². The molecule has 0 aromatic heterocycles. The van der Waals surface area contributed by atoms with Gasteiger partial charge in [-0.05, 0) is 49.1 Å². The van der Waals surface area contributed by atoms with E-state index in [2.05, 4.69) is 17.5 Å². The summed E-state index contributed by atoms with van der Waals surface area (Å²) in [5.41, 5.74) is 1.38. The number of benzene rings is 2.